The van der Waals surface area contributed by atoms with Gasteiger partial charge in [-0.1, -0.05) is 41.9 Å². The van der Waals surface area contributed by atoms with E-state index in [0.29, 0.717) is 28.7 Å². The summed E-state index contributed by atoms with van der Waals surface area (Å²) in [7, 11) is 1.48. The highest BCUT2D eigenvalue weighted by atomic mass is 35.5. The Hall–Kier alpha value is -3.45. The van der Waals surface area contributed by atoms with Gasteiger partial charge in [0.05, 0.1) is 18.4 Å². The Kier molecular flexibility index (Phi) is 7.43. The molecule has 0 heterocycles. The highest BCUT2D eigenvalue weighted by Crippen LogP contribution is 2.34. The lowest BCUT2D eigenvalue weighted by Gasteiger charge is -2.12. The number of amides is 1. The SMILES string of the molecule is COc1cc(C=CC(=O)Nc2ccccc2C(F)(F)F)ccc1OCc1ccc(Cl)cc1. The van der Waals surface area contributed by atoms with Crippen LogP contribution in [0.2, 0.25) is 5.02 Å². The number of carbonyl (C=O) groups excluding carboxylic acids is 1. The van der Waals surface area contributed by atoms with E-state index in [-0.39, 0.29) is 5.69 Å². The average molecular weight is 462 g/mol. The standard InChI is InChI=1S/C24H19ClF3NO3/c1-31-22-14-16(8-12-21(22)32-15-17-6-10-18(25)11-7-17)9-13-23(30)29-20-5-3-2-4-19(20)24(26,27)28/h2-14H,15H2,1H3,(H,29,30). The lowest BCUT2D eigenvalue weighted by molar-refractivity contribution is -0.136. The fourth-order valence-corrected chi connectivity index (χ4v) is 2.96. The van der Waals surface area contributed by atoms with Gasteiger partial charge in [-0.15, -0.1) is 0 Å². The van der Waals surface area contributed by atoms with Gasteiger partial charge in [0.15, 0.2) is 11.5 Å². The van der Waals surface area contributed by atoms with Crippen LogP contribution in [-0.4, -0.2) is 13.0 Å². The van der Waals surface area contributed by atoms with Crippen molar-refractivity contribution in [3.05, 3.63) is 94.5 Å². The van der Waals surface area contributed by atoms with E-state index in [1.807, 2.05) is 12.1 Å². The number of hydrogen-bond acceptors (Lipinski definition) is 3. The third-order valence-electron chi connectivity index (χ3n) is 4.41. The van der Waals surface area contributed by atoms with Crippen LogP contribution in [0.25, 0.3) is 6.08 Å². The number of nitrogens with one attached hydrogen (secondary N) is 1. The second-order valence-electron chi connectivity index (χ2n) is 6.69. The van der Waals surface area contributed by atoms with Crippen molar-refractivity contribution in [1.29, 1.82) is 0 Å². The Bertz CT molecular complexity index is 1110. The van der Waals surface area contributed by atoms with Gasteiger partial charge in [-0.2, -0.15) is 13.2 Å². The van der Waals surface area contributed by atoms with Crippen LogP contribution < -0.4 is 14.8 Å². The molecular weight excluding hydrogens is 443 g/mol. The van der Waals surface area contributed by atoms with Crippen LogP contribution >= 0.6 is 11.6 Å². The molecule has 0 fully saturated rings. The summed E-state index contributed by atoms with van der Waals surface area (Å²) in [6.45, 7) is 0.309. The van der Waals surface area contributed by atoms with Crippen LogP contribution in [0.15, 0.2) is 72.8 Å². The summed E-state index contributed by atoms with van der Waals surface area (Å²) in [5.41, 5.74) is 0.319. The fourth-order valence-electron chi connectivity index (χ4n) is 2.83. The molecule has 0 aromatic heterocycles. The van der Waals surface area contributed by atoms with Crippen molar-refractivity contribution in [3.8, 4) is 11.5 Å². The zero-order valence-corrected chi connectivity index (χ0v) is 17.7. The van der Waals surface area contributed by atoms with Crippen LogP contribution in [0.3, 0.4) is 0 Å². The van der Waals surface area contributed by atoms with Crippen LogP contribution in [0, 0.1) is 0 Å². The normalized spacial score (nSPS) is 11.4. The summed E-state index contributed by atoms with van der Waals surface area (Å²) in [4.78, 5) is 12.1. The van der Waals surface area contributed by atoms with Crippen LogP contribution in [0.5, 0.6) is 11.5 Å². The summed E-state index contributed by atoms with van der Waals surface area (Å²) in [6, 6.07) is 17.1. The maximum absolute atomic E-state index is 13.1. The van der Waals surface area contributed by atoms with Crippen molar-refractivity contribution in [2.75, 3.05) is 12.4 Å². The van der Waals surface area contributed by atoms with Gasteiger partial charge in [-0.3, -0.25) is 4.79 Å². The van der Waals surface area contributed by atoms with Crippen molar-refractivity contribution in [1.82, 2.24) is 0 Å². The lowest BCUT2D eigenvalue weighted by Crippen LogP contribution is -2.14. The summed E-state index contributed by atoms with van der Waals surface area (Å²) >= 11 is 5.87. The van der Waals surface area contributed by atoms with Gasteiger partial charge in [0.1, 0.15) is 6.61 Å². The molecule has 0 saturated carbocycles. The number of halogens is 4. The topological polar surface area (TPSA) is 47.6 Å². The minimum atomic E-state index is -4.57. The molecule has 1 amide bonds. The second kappa shape index (κ2) is 10.2. The number of benzene rings is 3. The first-order chi connectivity index (χ1) is 15.3. The molecule has 166 valence electrons. The van der Waals surface area contributed by atoms with E-state index in [1.165, 1.54) is 31.4 Å². The predicted molar refractivity (Wildman–Crippen MR) is 118 cm³/mol. The van der Waals surface area contributed by atoms with Crippen LogP contribution in [0.1, 0.15) is 16.7 Å². The van der Waals surface area contributed by atoms with E-state index in [4.69, 9.17) is 21.1 Å². The van der Waals surface area contributed by atoms with Gasteiger partial charge in [0.25, 0.3) is 0 Å². The lowest BCUT2D eigenvalue weighted by atomic mass is 10.1. The van der Waals surface area contributed by atoms with Crippen molar-refractivity contribution in [3.63, 3.8) is 0 Å². The number of alkyl halides is 3. The summed E-state index contributed by atoms with van der Waals surface area (Å²) in [5, 5.41) is 2.89. The van der Waals surface area contributed by atoms with Gasteiger partial charge < -0.3 is 14.8 Å². The molecule has 3 aromatic carbocycles. The van der Waals surface area contributed by atoms with Gasteiger partial charge in [-0.25, -0.2) is 0 Å². The number of para-hydroxylation sites is 1. The number of carbonyl (C=O) groups is 1. The highest BCUT2D eigenvalue weighted by Gasteiger charge is 2.33. The summed E-state index contributed by atoms with van der Waals surface area (Å²) in [5.74, 6) is 0.260. The molecule has 8 heteroatoms. The first-order valence-corrected chi connectivity index (χ1v) is 9.84. The first kappa shape index (κ1) is 23.2. The number of ether oxygens (including phenoxy) is 2. The molecule has 0 bridgehead atoms. The Balaban J connectivity index is 1.67. The average Bonchev–Trinajstić information content (AvgIpc) is 2.77. The molecular formula is C24H19ClF3NO3. The van der Waals surface area contributed by atoms with E-state index in [9.17, 15) is 18.0 Å². The van der Waals surface area contributed by atoms with Crippen molar-refractivity contribution >= 4 is 29.3 Å². The smallest absolute Gasteiger partial charge is 0.418 e. The molecule has 32 heavy (non-hydrogen) atoms. The molecule has 0 unspecified atom stereocenters. The molecule has 0 atom stereocenters. The largest absolute Gasteiger partial charge is 0.493 e. The third-order valence-corrected chi connectivity index (χ3v) is 4.66. The Morgan fingerprint density at radius 2 is 1.75 bits per heavy atom. The molecule has 3 aromatic rings. The second-order valence-corrected chi connectivity index (χ2v) is 7.13. The van der Waals surface area contributed by atoms with Crippen molar-refractivity contribution < 1.29 is 27.4 Å². The maximum atomic E-state index is 13.1. The van der Waals surface area contributed by atoms with E-state index >= 15 is 0 Å². The number of rotatable bonds is 7. The Morgan fingerprint density at radius 3 is 2.44 bits per heavy atom. The van der Waals surface area contributed by atoms with Crippen LogP contribution in [-0.2, 0) is 17.6 Å². The van der Waals surface area contributed by atoms with E-state index in [2.05, 4.69) is 5.32 Å². The van der Waals surface area contributed by atoms with E-state index in [1.54, 1.807) is 30.3 Å². The Labute approximate surface area is 188 Å². The molecule has 0 aliphatic carbocycles. The van der Waals surface area contributed by atoms with Gasteiger partial charge in [0, 0.05) is 11.1 Å². The molecule has 0 radical (unpaired) electrons. The number of methoxy groups -OCH3 is 1. The minimum Gasteiger partial charge on any atom is -0.493 e. The monoisotopic (exact) mass is 461 g/mol. The summed E-state index contributed by atoms with van der Waals surface area (Å²) in [6.07, 6.45) is -1.95. The third kappa shape index (κ3) is 6.28. The highest BCUT2D eigenvalue weighted by molar-refractivity contribution is 6.30. The summed E-state index contributed by atoms with van der Waals surface area (Å²) < 4.78 is 50.3. The first-order valence-electron chi connectivity index (χ1n) is 9.47. The van der Waals surface area contributed by atoms with Gasteiger partial charge in [0.2, 0.25) is 5.91 Å². The predicted octanol–water partition coefficient (Wildman–Crippen LogP) is 6.60. The number of hydrogen-bond donors (Lipinski definition) is 1. The Morgan fingerprint density at radius 1 is 1.03 bits per heavy atom. The molecule has 0 saturated heterocycles. The molecule has 0 spiro atoms. The molecule has 0 aliphatic rings. The zero-order valence-electron chi connectivity index (χ0n) is 16.9. The fraction of sp³-hybridized carbons (Fsp3) is 0.125. The van der Waals surface area contributed by atoms with E-state index in [0.717, 1.165) is 17.7 Å². The maximum Gasteiger partial charge on any atom is 0.418 e. The molecule has 1 N–H and O–H groups in total. The molecule has 0 aliphatic heterocycles. The van der Waals surface area contributed by atoms with Crippen molar-refractivity contribution in [2.24, 2.45) is 0 Å². The van der Waals surface area contributed by atoms with E-state index < -0.39 is 17.6 Å². The minimum absolute atomic E-state index is 0.307. The van der Waals surface area contributed by atoms with Gasteiger partial charge >= 0.3 is 6.18 Å². The van der Waals surface area contributed by atoms with Gasteiger partial charge in [-0.05, 0) is 53.6 Å². The van der Waals surface area contributed by atoms with Crippen molar-refractivity contribution in [2.45, 2.75) is 12.8 Å². The zero-order chi connectivity index (χ0) is 23.1. The molecule has 3 rings (SSSR count). The number of anilines is 1. The molecule has 4 nitrogen and oxygen atoms in total. The van der Waals surface area contributed by atoms with Crippen LogP contribution in [0.4, 0.5) is 18.9 Å². The quantitative estimate of drug-likeness (QED) is 0.403.